The van der Waals surface area contributed by atoms with Crippen LogP contribution in [0.4, 0.5) is 0 Å². The molecule has 1 N–H and O–H groups in total. The lowest BCUT2D eigenvalue weighted by Crippen LogP contribution is -1.97. The first-order valence-corrected chi connectivity index (χ1v) is 4.85. The predicted molar refractivity (Wildman–Crippen MR) is 55.0 cm³/mol. The Kier molecular flexibility index (Phi) is 2.60. The molecule has 2 rings (SSSR count). The minimum absolute atomic E-state index is 0.0592. The van der Waals surface area contributed by atoms with E-state index < -0.39 is 0 Å². The maximum Gasteiger partial charge on any atom is 0.0853 e. The maximum absolute atomic E-state index is 8.91. The number of aromatic nitrogens is 3. The summed E-state index contributed by atoms with van der Waals surface area (Å²) < 4.78 is 2.63. The molecule has 0 unspecified atom stereocenters. The average Bonchev–Trinajstić information content (AvgIpc) is 2.65. The van der Waals surface area contributed by atoms with E-state index >= 15 is 0 Å². The summed E-state index contributed by atoms with van der Waals surface area (Å²) in [7, 11) is 0. The number of rotatable bonds is 2. The summed E-state index contributed by atoms with van der Waals surface area (Å²) >= 11 is 3.32. The fraction of sp³-hybridized carbons (Fsp3) is 0.111. The minimum Gasteiger partial charge on any atom is -0.390 e. The van der Waals surface area contributed by atoms with Crippen molar-refractivity contribution in [3.05, 3.63) is 40.9 Å². The van der Waals surface area contributed by atoms with E-state index in [2.05, 4.69) is 26.0 Å². The first-order valence-electron chi connectivity index (χ1n) is 4.06. The highest BCUT2D eigenvalue weighted by atomic mass is 79.9. The first kappa shape index (κ1) is 9.36. The molecule has 0 aliphatic heterocycles. The van der Waals surface area contributed by atoms with Gasteiger partial charge < -0.3 is 5.11 Å². The summed E-state index contributed by atoms with van der Waals surface area (Å²) in [6.45, 7) is -0.0592. The highest BCUT2D eigenvalue weighted by Gasteiger charge is 2.00. The second-order valence-electron chi connectivity index (χ2n) is 2.77. The molecule has 14 heavy (non-hydrogen) atoms. The molecule has 0 spiro atoms. The second kappa shape index (κ2) is 3.89. The lowest BCUT2D eigenvalue weighted by Gasteiger charge is -2.01. The Morgan fingerprint density at radius 2 is 2.36 bits per heavy atom. The lowest BCUT2D eigenvalue weighted by molar-refractivity contribution is 0.277. The first-order chi connectivity index (χ1) is 6.79. The molecule has 5 heteroatoms. The lowest BCUT2D eigenvalue weighted by atomic mass is 10.3. The van der Waals surface area contributed by atoms with E-state index in [9.17, 15) is 0 Å². The van der Waals surface area contributed by atoms with Crippen molar-refractivity contribution >= 4 is 15.9 Å². The molecule has 4 nitrogen and oxygen atoms in total. The van der Waals surface area contributed by atoms with Gasteiger partial charge in [-0.1, -0.05) is 0 Å². The van der Waals surface area contributed by atoms with Gasteiger partial charge in [-0.25, -0.2) is 4.68 Å². The summed E-state index contributed by atoms with van der Waals surface area (Å²) in [5, 5.41) is 13.0. The number of halogens is 1. The molecule has 0 radical (unpaired) electrons. The van der Waals surface area contributed by atoms with Gasteiger partial charge in [-0.2, -0.15) is 5.10 Å². The topological polar surface area (TPSA) is 50.9 Å². The molecule has 72 valence electrons. The maximum atomic E-state index is 8.91. The van der Waals surface area contributed by atoms with Crippen molar-refractivity contribution in [2.75, 3.05) is 0 Å². The highest BCUT2D eigenvalue weighted by molar-refractivity contribution is 9.10. The average molecular weight is 254 g/mol. The SMILES string of the molecule is OCc1cc(-n2cc(Br)cn2)ccn1. The zero-order chi connectivity index (χ0) is 9.97. The van der Waals surface area contributed by atoms with Gasteiger partial charge in [0.25, 0.3) is 0 Å². The molecule has 0 amide bonds. The summed E-state index contributed by atoms with van der Waals surface area (Å²) in [6, 6.07) is 3.62. The third-order valence-electron chi connectivity index (χ3n) is 1.78. The smallest absolute Gasteiger partial charge is 0.0853 e. The van der Waals surface area contributed by atoms with Crippen LogP contribution in [0.15, 0.2) is 35.2 Å². The van der Waals surface area contributed by atoms with Crippen molar-refractivity contribution < 1.29 is 5.11 Å². The third kappa shape index (κ3) is 1.83. The second-order valence-corrected chi connectivity index (χ2v) is 3.68. The molecular formula is C9H8BrN3O. The van der Waals surface area contributed by atoms with Gasteiger partial charge in [0, 0.05) is 12.4 Å². The minimum atomic E-state index is -0.0592. The number of aliphatic hydroxyl groups is 1. The van der Waals surface area contributed by atoms with Crippen molar-refractivity contribution in [2.45, 2.75) is 6.61 Å². The van der Waals surface area contributed by atoms with Gasteiger partial charge >= 0.3 is 0 Å². The molecule has 2 aromatic heterocycles. The van der Waals surface area contributed by atoms with Gasteiger partial charge in [0.15, 0.2) is 0 Å². The Morgan fingerprint density at radius 1 is 1.50 bits per heavy atom. The quantitative estimate of drug-likeness (QED) is 0.883. The molecule has 0 fully saturated rings. The number of aliphatic hydroxyl groups excluding tert-OH is 1. The monoisotopic (exact) mass is 253 g/mol. The Balaban J connectivity index is 2.41. The van der Waals surface area contributed by atoms with E-state index in [0.29, 0.717) is 5.69 Å². The van der Waals surface area contributed by atoms with Crippen molar-refractivity contribution in [1.82, 2.24) is 14.8 Å². The van der Waals surface area contributed by atoms with Crippen molar-refractivity contribution in [2.24, 2.45) is 0 Å². The summed E-state index contributed by atoms with van der Waals surface area (Å²) in [4.78, 5) is 3.99. The number of pyridine rings is 1. The van der Waals surface area contributed by atoms with Crippen molar-refractivity contribution in [1.29, 1.82) is 0 Å². The normalized spacial score (nSPS) is 10.4. The van der Waals surface area contributed by atoms with E-state index in [4.69, 9.17) is 5.11 Å². The van der Waals surface area contributed by atoms with Crippen molar-refractivity contribution in [3.63, 3.8) is 0 Å². The van der Waals surface area contributed by atoms with Gasteiger partial charge in [0.1, 0.15) is 0 Å². The summed E-state index contributed by atoms with van der Waals surface area (Å²) in [5.41, 5.74) is 1.52. The van der Waals surface area contributed by atoms with Crippen LogP contribution < -0.4 is 0 Å². The summed E-state index contributed by atoms with van der Waals surface area (Å²) in [6.07, 6.45) is 5.20. The Hall–Kier alpha value is -1.20. The van der Waals surface area contributed by atoms with E-state index in [0.717, 1.165) is 10.2 Å². The van der Waals surface area contributed by atoms with Crippen LogP contribution in [0.5, 0.6) is 0 Å². The fourth-order valence-electron chi connectivity index (χ4n) is 1.14. The van der Waals surface area contributed by atoms with Crippen LogP contribution in [-0.2, 0) is 6.61 Å². The molecule has 0 atom stereocenters. The van der Waals surface area contributed by atoms with Crippen LogP contribution >= 0.6 is 15.9 Å². The largest absolute Gasteiger partial charge is 0.390 e. The van der Waals surface area contributed by atoms with Crippen LogP contribution in [0.2, 0.25) is 0 Å². The molecule has 0 saturated carbocycles. The van der Waals surface area contributed by atoms with Gasteiger partial charge in [0.05, 0.1) is 28.7 Å². The molecule has 2 aromatic rings. The molecule has 0 saturated heterocycles. The molecule has 0 aliphatic rings. The molecule has 0 aromatic carbocycles. The standard InChI is InChI=1S/C9H8BrN3O/c10-7-4-12-13(5-7)9-1-2-11-8(3-9)6-14/h1-5,14H,6H2. The van der Waals surface area contributed by atoms with Gasteiger partial charge in [-0.05, 0) is 28.1 Å². The van der Waals surface area contributed by atoms with Crippen LogP contribution in [0.25, 0.3) is 5.69 Å². The van der Waals surface area contributed by atoms with E-state index in [1.165, 1.54) is 0 Å². The Bertz CT molecular complexity index is 441. The van der Waals surface area contributed by atoms with Crippen LogP contribution in [0.1, 0.15) is 5.69 Å². The number of hydrogen-bond donors (Lipinski definition) is 1. The molecule has 0 aliphatic carbocycles. The van der Waals surface area contributed by atoms with E-state index in [1.807, 2.05) is 12.3 Å². The molecule has 2 heterocycles. The highest BCUT2D eigenvalue weighted by Crippen LogP contribution is 2.12. The van der Waals surface area contributed by atoms with Gasteiger partial charge in [-0.15, -0.1) is 0 Å². The predicted octanol–water partition coefficient (Wildman–Crippen LogP) is 1.52. The third-order valence-corrected chi connectivity index (χ3v) is 2.19. The zero-order valence-electron chi connectivity index (χ0n) is 7.26. The Morgan fingerprint density at radius 3 is 3.00 bits per heavy atom. The zero-order valence-corrected chi connectivity index (χ0v) is 8.85. The number of hydrogen-bond acceptors (Lipinski definition) is 3. The molecule has 0 bridgehead atoms. The van der Waals surface area contributed by atoms with Crippen LogP contribution in [0, 0.1) is 0 Å². The van der Waals surface area contributed by atoms with Gasteiger partial charge in [0.2, 0.25) is 0 Å². The van der Waals surface area contributed by atoms with Crippen LogP contribution in [-0.4, -0.2) is 19.9 Å². The summed E-state index contributed by atoms with van der Waals surface area (Å²) in [5.74, 6) is 0. The van der Waals surface area contributed by atoms with Gasteiger partial charge in [-0.3, -0.25) is 4.98 Å². The number of nitrogens with zero attached hydrogens (tertiary/aromatic N) is 3. The Labute approximate surface area is 89.3 Å². The van der Waals surface area contributed by atoms with Crippen molar-refractivity contribution in [3.8, 4) is 5.69 Å². The fourth-order valence-corrected chi connectivity index (χ4v) is 1.42. The molecular weight excluding hydrogens is 246 g/mol. The van der Waals surface area contributed by atoms with Crippen LogP contribution in [0.3, 0.4) is 0 Å². The van der Waals surface area contributed by atoms with E-state index in [-0.39, 0.29) is 6.61 Å². The van der Waals surface area contributed by atoms with E-state index in [1.54, 1.807) is 23.1 Å².